The van der Waals surface area contributed by atoms with Crippen molar-refractivity contribution >= 4 is 17.4 Å². The van der Waals surface area contributed by atoms with E-state index in [0.717, 1.165) is 4.57 Å². The van der Waals surface area contributed by atoms with Crippen molar-refractivity contribution in [1.29, 1.82) is 0 Å². The highest BCUT2D eigenvalue weighted by molar-refractivity contribution is 6.30. The molecule has 2 rings (SSSR count). The summed E-state index contributed by atoms with van der Waals surface area (Å²) in [6.07, 6.45) is -2.42. The van der Waals surface area contributed by atoms with E-state index in [-0.39, 0.29) is 23.3 Å². The van der Waals surface area contributed by atoms with E-state index in [1.54, 1.807) is 0 Å². The molecular formula is C12H11ClFN3O4. The SMILES string of the molecule is Nc1nc(=O)n(C2OC(CO)C(=CF)C2O)cc1C#CCl. The lowest BCUT2D eigenvalue weighted by Crippen LogP contribution is -2.33. The minimum atomic E-state index is -1.45. The molecular weight excluding hydrogens is 305 g/mol. The summed E-state index contributed by atoms with van der Waals surface area (Å²) in [4.78, 5) is 15.4. The van der Waals surface area contributed by atoms with E-state index in [9.17, 15) is 14.3 Å². The van der Waals surface area contributed by atoms with Gasteiger partial charge in [0.2, 0.25) is 0 Å². The third-order valence-corrected chi connectivity index (χ3v) is 3.11. The van der Waals surface area contributed by atoms with Crippen LogP contribution in [0.1, 0.15) is 11.8 Å². The van der Waals surface area contributed by atoms with Crippen LogP contribution in [0.4, 0.5) is 10.2 Å². The Morgan fingerprint density at radius 1 is 1.67 bits per heavy atom. The Balaban J connectivity index is 2.49. The average molecular weight is 316 g/mol. The number of anilines is 1. The van der Waals surface area contributed by atoms with Crippen molar-refractivity contribution in [2.75, 3.05) is 12.3 Å². The third kappa shape index (κ3) is 2.77. The maximum atomic E-state index is 12.8. The van der Waals surface area contributed by atoms with Crippen LogP contribution in [0.25, 0.3) is 0 Å². The van der Waals surface area contributed by atoms with Crippen LogP contribution >= 0.6 is 11.6 Å². The molecule has 3 atom stereocenters. The summed E-state index contributed by atoms with van der Waals surface area (Å²) in [5.41, 5.74) is 4.69. The first kappa shape index (κ1) is 15.5. The Hall–Kier alpha value is -1.92. The van der Waals surface area contributed by atoms with Crippen LogP contribution in [0, 0.1) is 11.3 Å². The van der Waals surface area contributed by atoms with E-state index in [2.05, 4.69) is 16.3 Å². The number of nitrogen functional groups attached to an aromatic ring is 1. The second-order valence-corrected chi connectivity index (χ2v) is 4.39. The second-order valence-electron chi connectivity index (χ2n) is 4.20. The van der Waals surface area contributed by atoms with Gasteiger partial charge in [-0.15, -0.1) is 0 Å². The van der Waals surface area contributed by atoms with Crippen molar-refractivity contribution in [2.24, 2.45) is 0 Å². The maximum absolute atomic E-state index is 12.8. The molecule has 2 heterocycles. The molecule has 0 amide bonds. The standard InChI is InChI=1S/C12H11ClFN3O4/c13-2-1-6-4-17(12(20)16-10(6)15)11-9(19)7(3-14)8(5-18)21-11/h3-4,8-9,11,18-19H,5H2,(H2,15,16,20). The topological polar surface area (TPSA) is 111 Å². The summed E-state index contributed by atoms with van der Waals surface area (Å²) in [5, 5.41) is 21.2. The number of hydrogen-bond donors (Lipinski definition) is 3. The summed E-state index contributed by atoms with van der Waals surface area (Å²) in [7, 11) is 0. The molecule has 0 saturated carbocycles. The summed E-state index contributed by atoms with van der Waals surface area (Å²) in [6, 6.07) is 0. The van der Waals surface area contributed by atoms with E-state index in [0.29, 0.717) is 0 Å². The van der Waals surface area contributed by atoms with E-state index in [4.69, 9.17) is 27.2 Å². The largest absolute Gasteiger partial charge is 0.393 e. The van der Waals surface area contributed by atoms with Crippen LogP contribution in [0.3, 0.4) is 0 Å². The van der Waals surface area contributed by atoms with Gasteiger partial charge in [-0.25, -0.2) is 9.18 Å². The highest BCUT2D eigenvalue weighted by atomic mass is 35.5. The predicted octanol–water partition coefficient (Wildman–Crippen LogP) is -0.523. The van der Waals surface area contributed by atoms with Crippen molar-refractivity contribution in [3.8, 4) is 11.3 Å². The van der Waals surface area contributed by atoms with Crippen molar-refractivity contribution in [1.82, 2.24) is 9.55 Å². The number of aliphatic hydroxyl groups excluding tert-OH is 2. The van der Waals surface area contributed by atoms with Gasteiger partial charge in [0, 0.05) is 17.1 Å². The van der Waals surface area contributed by atoms with Crippen LogP contribution in [0.15, 0.2) is 22.9 Å². The van der Waals surface area contributed by atoms with Crippen molar-refractivity contribution in [3.63, 3.8) is 0 Å². The Bertz CT molecular complexity index is 694. The monoisotopic (exact) mass is 315 g/mol. The molecule has 0 radical (unpaired) electrons. The molecule has 1 fully saturated rings. The van der Waals surface area contributed by atoms with E-state index < -0.39 is 30.7 Å². The van der Waals surface area contributed by atoms with Gasteiger partial charge < -0.3 is 20.7 Å². The Morgan fingerprint density at radius 3 is 2.90 bits per heavy atom. The smallest absolute Gasteiger partial charge is 0.351 e. The minimum Gasteiger partial charge on any atom is -0.393 e. The predicted molar refractivity (Wildman–Crippen MR) is 71.8 cm³/mol. The van der Waals surface area contributed by atoms with Crippen LogP contribution in [-0.2, 0) is 4.74 Å². The summed E-state index contributed by atoms with van der Waals surface area (Å²) in [5.74, 6) is 2.30. The van der Waals surface area contributed by atoms with Gasteiger partial charge in [-0.2, -0.15) is 4.98 Å². The van der Waals surface area contributed by atoms with Gasteiger partial charge in [0.1, 0.15) is 18.0 Å². The van der Waals surface area contributed by atoms with E-state index >= 15 is 0 Å². The lowest BCUT2D eigenvalue weighted by atomic mass is 10.1. The van der Waals surface area contributed by atoms with E-state index in [1.165, 1.54) is 6.20 Å². The molecule has 3 unspecified atom stereocenters. The molecule has 0 aromatic carbocycles. The molecule has 1 aliphatic rings. The number of nitrogens with two attached hydrogens (primary N) is 1. The molecule has 0 bridgehead atoms. The van der Waals surface area contributed by atoms with Crippen molar-refractivity contribution < 1.29 is 19.3 Å². The molecule has 112 valence electrons. The minimum absolute atomic E-state index is 0.128. The lowest BCUT2D eigenvalue weighted by molar-refractivity contribution is -0.0527. The Labute approximate surface area is 123 Å². The quantitative estimate of drug-likeness (QED) is 0.633. The van der Waals surface area contributed by atoms with E-state index in [1.807, 2.05) is 0 Å². The van der Waals surface area contributed by atoms with Gasteiger partial charge >= 0.3 is 5.69 Å². The zero-order valence-electron chi connectivity index (χ0n) is 10.5. The van der Waals surface area contributed by atoms with Crippen LogP contribution < -0.4 is 11.4 Å². The fourth-order valence-electron chi connectivity index (χ4n) is 1.99. The number of hydrogen-bond acceptors (Lipinski definition) is 6. The lowest BCUT2D eigenvalue weighted by Gasteiger charge is -2.17. The van der Waals surface area contributed by atoms with Crippen molar-refractivity contribution in [3.05, 3.63) is 34.1 Å². The highest BCUT2D eigenvalue weighted by Gasteiger charge is 2.40. The second kappa shape index (κ2) is 6.24. The first-order valence-electron chi connectivity index (χ1n) is 5.78. The average Bonchev–Trinajstić information content (AvgIpc) is 2.78. The van der Waals surface area contributed by atoms with Crippen LogP contribution in [0.2, 0.25) is 0 Å². The molecule has 0 spiro atoms. The third-order valence-electron chi connectivity index (χ3n) is 3.02. The van der Waals surface area contributed by atoms with Gasteiger partial charge in [0.25, 0.3) is 0 Å². The van der Waals surface area contributed by atoms with Crippen LogP contribution in [-0.4, -0.2) is 38.6 Å². The van der Waals surface area contributed by atoms with Gasteiger partial charge in [0.15, 0.2) is 6.23 Å². The normalized spacial score (nSPS) is 26.7. The highest BCUT2D eigenvalue weighted by Crippen LogP contribution is 2.32. The van der Waals surface area contributed by atoms with Crippen molar-refractivity contribution in [2.45, 2.75) is 18.4 Å². The van der Waals surface area contributed by atoms with Gasteiger partial charge in [0.05, 0.1) is 18.5 Å². The maximum Gasteiger partial charge on any atom is 0.351 e. The molecule has 1 saturated heterocycles. The summed E-state index contributed by atoms with van der Waals surface area (Å²) < 4.78 is 18.9. The Morgan fingerprint density at radius 2 is 2.38 bits per heavy atom. The molecule has 21 heavy (non-hydrogen) atoms. The summed E-state index contributed by atoms with van der Waals surface area (Å²) in [6.45, 7) is -0.547. The zero-order valence-corrected chi connectivity index (χ0v) is 11.3. The fourth-order valence-corrected chi connectivity index (χ4v) is 2.09. The van der Waals surface area contributed by atoms with Gasteiger partial charge in [-0.3, -0.25) is 4.57 Å². The number of rotatable bonds is 2. The molecule has 4 N–H and O–H groups in total. The number of ether oxygens (including phenoxy) is 1. The number of halogens is 2. The molecule has 7 nitrogen and oxygen atoms in total. The first-order valence-corrected chi connectivity index (χ1v) is 6.16. The molecule has 1 aromatic rings. The van der Waals surface area contributed by atoms with Crippen LogP contribution in [0.5, 0.6) is 0 Å². The molecule has 1 aliphatic heterocycles. The fraction of sp³-hybridized carbons (Fsp3) is 0.333. The number of nitrogens with zero attached hydrogens (tertiary/aromatic N) is 2. The zero-order chi connectivity index (χ0) is 15.6. The van der Waals surface area contributed by atoms with Gasteiger partial charge in [-0.05, 0) is 17.5 Å². The van der Waals surface area contributed by atoms with Gasteiger partial charge in [-0.1, -0.05) is 0 Å². The summed E-state index contributed by atoms with van der Waals surface area (Å²) >= 11 is 5.28. The molecule has 1 aromatic heterocycles. The first-order chi connectivity index (χ1) is 10.0. The molecule has 9 heteroatoms. The number of aliphatic hydroxyl groups is 2. The number of aromatic nitrogens is 2. The Kier molecular flexibility index (Phi) is 4.59. The molecule has 0 aliphatic carbocycles.